The Bertz CT molecular complexity index is 912. The number of nitrogens with two attached hydrogens (primary N) is 2. The fraction of sp³-hybridized carbons (Fsp3) is 0.0625. The smallest absolute Gasteiger partial charge is 0.229 e. The maximum atomic E-state index is 11.3. The highest BCUT2D eigenvalue weighted by atomic mass is 32.2. The SMILES string of the molecule is CS(=O)(=O)Nc1cccc(-c2ccc(/C(N)=C(\C#N)NN)cc2)c1. The normalized spacial score (nSPS) is 12.0. The standard InChI is InChI=1S/C16H17N5O2S/c1-24(22,23)21-14-4-2-3-13(9-14)11-5-7-12(8-6-11)16(18)15(10-17)20-19/h2-9,20-21H,18-19H2,1H3/b16-15-. The lowest BCUT2D eigenvalue weighted by molar-refractivity contribution is 0.607. The Labute approximate surface area is 140 Å². The van der Waals surface area contributed by atoms with Crippen molar-refractivity contribution in [3.05, 3.63) is 59.8 Å². The third-order valence-corrected chi connectivity index (χ3v) is 3.83. The number of sulfonamides is 1. The number of hydrogen-bond acceptors (Lipinski definition) is 6. The molecule has 24 heavy (non-hydrogen) atoms. The van der Waals surface area contributed by atoms with Gasteiger partial charge in [-0.1, -0.05) is 36.4 Å². The van der Waals surface area contributed by atoms with Gasteiger partial charge < -0.3 is 11.2 Å². The van der Waals surface area contributed by atoms with Gasteiger partial charge in [0.25, 0.3) is 0 Å². The third kappa shape index (κ3) is 4.25. The van der Waals surface area contributed by atoms with Crippen molar-refractivity contribution in [3.63, 3.8) is 0 Å². The van der Waals surface area contributed by atoms with Crippen LogP contribution < -0.4 is 21.7 Å². The van der Waals surface area contributed by atoms with Crippen LogP contribution >= 0.6 is 0 Å². The molecule has 2 rings (SSSR count). The van der Waals surface area contributed by atoms with Crippen LogP contribution in [0.1, 0.15) is 5.56 Å². The first-order valence-electron chi connectivity index (χ1n) is 6.89. The summed E-state index contributed by atoms with van der Waals surface area (Å²) in [7, 11) is -3.33. The molecule has 6 N–H and O–H groups in total. The van der Waals surface area contributed by atoms with Gasteiger partial charge in [0.05, 0.1) is 12.0 Å². The second kappa shape index (κ2) is 7.04. The molecule has 0 amide bonds. The molecule has 0 atom stereocenters. The molecule has 0 spiro atoms. The van der Waals surface area contributed by atoms with Gasteiger partial charge >= 0.3 is 0 Å². The Kier molecular flexibility index (Phi) is 5.08. The van der Waals surface area contributed by atoms with Crippen LogP contribution in [0, 0.1) is 11.3 Å². The number of hydrazine groups is 1. The zero-order valence-electron chi connectivity index (χ0n) is 12.9. The maximum Gasteiger partial charge on any atom is 0.229 e. The average Bonchev–Trinajstić information content (AvgIpc) is 2.55. The summed E-state index contributed by atoms with van der Waals surface area (Å²) in [6, 6.07) is 16.1. The molecule has 0 heterocycles. The lowest BCUT2D eigenvalue weighted by Crippen LogP contribution is -2.23. The molecule has 0 aromatic heterocycles. The third-order valence-electron chi connectivity index (χ3n) is 3.22. The van der Waals surface area contributed by atoms with Crippen LogP contribution in [0.5, 0.6) is 0 Å². The van der Waals surface area contributed by atoms with E-state index in [0.717, 1.165) is 17.4 Å². The Morgan fingerprint density at radius 1 is 1.12 bits per heavy atom. The van der Waals surface area contributed by atoms with Gasteiger partial charge in [-0.3, -0.25) is 4.72 Å². The number of nitrogens with one attached hydrogen (secondary N) is 2. The number of hydrogen-bond donors (Lipinski definition) is 4. The first-order chi connectivity index (χ1) is 11.3. The quantitative estimate of drug-likeness (QED) is 0.368. The van der Waals surface area contributed by atoms with Crippen molar-refractivity contribution in [1.29, 1.82) is 5.26 Å². The zero-order valence-corrected chi connectivity index (χ0v) is 13.8. The van der Waals surface area contributed by atoms with Gasteiger partial charge in [-0.25, -0.2) is 14.3 Å². The molecular formula is C16H17N5O2S. The highest BCUT2D eigenvalue weighted by Gasteiger charge is 2.07. The van der Waals surface area contributed by atoms with Gasteiger partial charge in [0.1, 0.15) is 6.07 Å². The molecule has 0 aliphatic heterocycles. The molecule has 0 aliphatic rings. The lowest BCUT2D eigenvalue weighted by Gasteiger charge is -2.09. The largest absolute Gasteiger partial charge is 0.396 e. The van der Waals surface area contributed by atoms with E-state index in [0.29, 0.717) is 11.3 Å². The molecule has 2 aromatic rings. The summed E-state index contributed by atoms with van der Waals surface area (Å²) in [4.78, 5) is 0. The van der Waals surface area contributed by atoms with Gasteiger partial charge in [-0.2, -0.15) is 5.26 Å². The molecule has 0 unspecified atom stereocenters. The van der Waals surface area contributed by atoms with Gasteiger partial charge in [-0.15, -0.1) is 0 Å². The Morgan fingerprint density at radius 3 is 2.33 bits per heavy atom. The van der Waals surface area contributed by atoms with E-state index < -0.39 is 10.0 Å². The number of anilines is 1. The van der Waals surface area contributed by atoms with Crippen molar-refractivity contribution in [2.75, 3.05) is 11.0 Å². The number of benzene rings is 2. The van der Waals surface area contributed by atoms with E-state index in [-0.39, 0.29) is 11.4 Å². The number of rotatable bonds is 5. The molecule has 0 saturated heterocycles. The van der Waals surface area contributed by atoms with Crippen LogP contribution in [-0.2, 0) is 10.0 Å². The number of nitrogens with zero attached hydrogens (tertiary/aromatic N) is 1. The summed E-state index contributed by atoms with van der Waals surface area (Å²) in [5, 5.41) is 8.93. The molecule has 0 bridgehead atoms. The number of nitriles is 1. The molecule has 0 saturated carbocycles. The van der Waals surface area contributed by atoms with E-state index in [4.69, 9.17) is 16.8 Å². The molecular weight excluding hydrogens is 326 g/mol. The molecule has 0 fully saturated rings. The lowest BCUT2D eigenvalue weighted by atomic mass is 10.0. The minimum atomic E-state index is -3.33. The van der Waals surface area contributed by atoms with Crippen LogP contribution in [0.3, 0.4) is 0 Å². The van der Waals surface area contributed by atoms with Crippen LogP contribution in [0.25, 0.3) is 16.8 Å². The highest BCUT2D eigenvalue weighted by Crippen LogP contribution is 2.24. The fourth-order valence-electron chi connectivity index (χ4n) is 2.13. The minimum Gasteiger partial charge on any atom is -0.396 e. The van der Waals surface area contributed by atoms with E-state index in [9.17, 15) is 8.42 Å². The molecule has 0 aliphatic carbocycles. The average molecular weight is 343 g/mol. The predicted octanol–water partition coefficient (Wildman–Crippen LogP) is 1.34. The van der Waals surface area contributed by atoms with Crippen molar-refractivity contribution >= 4 is 21.4 Å². The van der Waals surface area contributed by atoms with Crippen LogP contribution in [0.4, 0.5) is 5.69 Å². The minimum absolute atomic E-state index is 0.0853. The first-order valence-corrected chi connectivity index (χ1v) is 8.78. The van der Waals surface area contributed by atoms with E-state index in [1.54, 1.807) is 30.3 Å². The summed E-state index contributed by atoms with van der Waals surface area (Å²) in [6.45, 7) is 0. The molecule has 124 valence electrons. The van der Waals surface area contributed by atoms with Crippen molar-refractivity contribution in [2.24, 2.45) is 11.6 Å². The topological polar surface area (TPSA) is 134 Å². The Morgan fingerprint density at radius 2 is 1.79 bits per heavy atom. The van der Waals surface area contributed by atoms with Crippen molar-refractivity contribution in [2.45, 2.75) is 0 Å². The van der Waals surface area contributed by atoms with E-state index in [2.05, 4.69) is 10.1 Å². The summed E-state index contributed by atoms with van der Waals surface area (Å²) in [5.41, 5.74) is 11.3. The first kappa shape index (κ1) is 17.3. The van der Waals surface area contributed by atoms with Crippen LogP contribution in [0.2, 0.25) is 0 Å². The highest BCUT2D eigenvalue weighted by molar-refractivity contribution is 7.92. The van der Waals surface area contributed by atoms with Gasteiger partial charge in [0, 0.05) is 11.3 Å². The summed E-state index contributed by atoms with van der Waals surface area (Å²) in [6.07, 6.45) is 1.10. The summed E-state index contributed by atoms with van der Waals surface area (Å²) in [5.74, 6) is 5.24. The summed E-state index contributed by atoms with van der Waals surface area (Å²) < 4.78 is 25.1. The van der Waals surface area contributed by atoms with Crippen molar-refractivity contribution in [3.8, 4) is 17.2 Å². The Hall–Kier alpha value is -3.02. The second-order valence-electron chi connectivity index (χ2n) is 5.08. The molecule has 8 heteroatoms. The molecule has 2 aromatic carbocycles. The Balaban J connectivity index is 2.34. The molecule has 7 nitrogen and oxygen atoms in total. The summed E-state index contributed by atoms with van der Waals surface area (Å²) >= 11 is 0. The van der Waals surface area contributed by atoms with E-state index >= 15 is 0 Å². The molecule has 0 radical (unpaired) electrons. The van der Waals surface area contributed by atoms with Gasteiger partial charge in [0.2, 0.25) is 10.0 Å². The van der Waals surface area contributed by atoms with Crippen molar-refractivity contribution in [1.82, 2.24) is 5.43 Å². The van der Waals surface area contributed by atoms with Gasteiger partial charge in [0.15, 0.2) is 5.70 Å². The second-order valence-corrected chi connectivity index (χ2v) is 6.83. The van der Waals surface area contributed by atoms with E-state index in [1.807, 2.05) is 24.3 Å². The van der Waals surface area contributed by atoms with Crippen molar-refractivity contribution < 1.29 is 8.42 Å². The zero-order chi connectivity index (χ0) is 17.7. The fourth-order valence-corrected chi connectivity index (χ4v) is 2.69. The number of allylic oxidation sites excluding steroid dienone is 1. The van der Waals surface area contributed by atoms with Crippen LogP contribution in [0.15, 0.2) is 54.2 Å². The van der Waals surface area contributed by atoms with Gasteiger partial charge in [-0.05, 0) is 23.3 Å². The monoisotopic (exact) mass is 343 g/mol. The maximum absolute atomic E-state index is 11.3. The predicted molar refractivity (Wildman–Crippen MR) is 94.4 cm³/mol. The van der Waals surface area contributed by atoms with E-state index in [1.165, 1.54) is 0 Å². The van der Waals surface area contributed by atoms with Crippen LogP contribution in [-0.4, -0.2) is 14.7 Å².